The van der Waals surface area contributed by atoms with Crippen LogP contribution >= 0.6 is 0 Å². The molecule has 1 aromatic rings. The third-order valence-corrected chi connectivity index (χ3v) is 2.64. The highest BCUT2D eigenvalue weighted by atomic mass is 16.5. The van der Waals surface area contributed by atoms with E-state index < -0.39 is 12.0 Å². The van der Waals surface area contributed by atoms with Crippen molar-refractivity contribution in [1.29, 1.82) is 0 Å². The minimum absolute atomic E-state index is 0.265. The maximum absolute atomic E-state index is 11.8. The van der Waals surface area contributed by atoms with Crippen molar-refractivity contribution in [3.63, 3.8) is 0 Å². The van der Waals surface area contributed by atoms with Gasteiger partial charge in [-0.15, -0.1) is 0 Å². The van der Waals surface area contributed by atoms with E-state index in [9.17, 15) is 9.59 Å². The first-order chi connectivity index (χ1) is 9.54. The average Bonchev–Trinajstić information content (AvgIpc) is 2.43. The molecule has 1 rings (SSSR count). The van der Waals surface area contributed by atoms with Gasteiger partial charge in [-0.3, -0.25) is 9.79 Å². The van der Waals surface area contributed by atoms with Gasteiger partial charge in [0, 0.05) is 12.6 Å². The van der Waals surface area contributed by atoms with Gasteiger partial charge in [-0.1, -0.05) is 30.3 Å². The topological polar surface area (TPSA) is 67.8 Å². The Morgan fingerprint density at radius 3 is 2.45 bits per heavy atom. The largest absolute Gasteiger partial charge is 0.464 e. The molecular weight excluding hydrogens is 256 g/mol. The Hall–Kier alpha value is -2.17. The fourth-order valence-corrected chi connectivity index (χ4v) is 1.65. The molecule has 1 unspecified atom stereocenters. The summed E-state index contributed by atoms with van der Waals surface area (Å²) in [5, 5.41) is 2.56. The molecule has 0 bridgehead atoms. The second kappa shape index (κ2) is 8.09. The summed E-state index contributed by atoms with van der Waals surface area (Å²) in [5.74, 6) is -0.783. The summed E-state index contributed by atoms with van der Waals surface area (Å²) in [6, 6.07) is 8.87. The van der Waals surface area contributed by atoms with Crippen molar-refractivity contribution in [3.8, 4) is 0 Å². The van der Waals surface area contributed by atoms with Crippen LogP contribution in [0.5, 0.6) is 0 Å². The standard InChI is InChI=1S/C15H20N2O3/c1-4-20-15(19)14(17-12(3)18)11(2)16-10-13-8-6-5-7-9-13/h5-9,14H,4,10H2,1-3H3,(H,17,18). The lowest BCUT2D eigenvalue weighted by Gasteiger charge is -2.16. The molecule has 0 radical (unpaired) electrons. The van der Waals surface area contributed by atoms with Crippen molar-refractivity contribution in [1.82, 2.24) is 5.32 Å². The van der Waals surface area contributed by atoms with E-state index in [4.69, 9.17) is 4.74 Å². The van der Waals surface area contributed by atoms with E-state index in [-0.39, 0.29) is 12.5 Å². The SMILES string of the molecule is CCOC(=O)C(NC(C)=O)C(C)=NCc1ccccc1. The molecule has 0 spiro atoms. The number of nitrogens with zero attached hydrogens (tertiary/aromatic N) is 1. The third-order valence-electron chi connectivity index (χ3n) is 2.64. The number of esters is 1. The Morgan fingerprint density at radius 1 is 1.25 bits per heavy atom. The lowest BCUT2D eigenvalue weighted by molar-refractivity contribution is -0.145. The van der Waals surface area contributed by atoms with E-state index >= 15 is 0 Å². The quantitative estimate of drug-likeness (QED) is 0.635. The zero-order chi connectivity index (χ0) is 15.0. The number of rotatable bonds is 6. The molecule has 1 N–H and O–H groups in total. The predicted octanol–water partition coefficient (Wildman–Crippen LogP) is 1.72. The fraction of sp³-hybridized carbons (Fsp3) is 0.400. The van der Waals surface area contributed by atoms with E-state index in [2.05, 4.69) is 10.3 Å². The number of hydrogen-bond donors (Lipinski definition) is 1. The summed E-state index contributed by atoms with van der Waals surface area (Å²) in [4.78, 5) is 27.3. The molecule has 1 aromatic carbocycles. The first kappa shape index (κ1) is 15.9. The van der Waals surface area contributed by atoms with E-state index in [1.165, 1.54) is 6.92 Å². The summed E-state index contributed by atoms with van der Waals surface area (Å²) in [7, 11) is 0. The van der Waals surface area contributed by atoms with Crippen LogP contribution in [0.1, 0.15) is 26.3 Å². The molecule has 0 aromatic heterocycles. The monoisotopic (exact) mass is 276 g/mol. The summed E-state index contributed by atoms with van der Waals surface area (Å²) in [6.45, 7) is 5.51. The first-order valence-electron chi connectivity index (χ1n) is 6.53. The number of hydrogen-bond acceptors (Lipinski definition) is 4. The van der Waals surface area contributed by atoms with Crippen molar-refractivity contribution in [2.45, 2.75) is 33.4 Å². The molecule has 1 atom stereocenters. The van der Waals surface area contributed by atoms with Crippen molar-refractivity contribution in [2.75, 3.05) is 6.61 Å². The molecule has 0 saturated carbocycles. The maximum atomic E-state index is 11.8. The summed E-state index contributed by atoms with van der Waals surface area (Å²) < 4.78 is 4.94. The molecule has 0 aliphatic rings. The van der Waals surface area contributed by atoms with Gasteiger partial charge >= 0.3 is 5.97 Å². The highest BCUT2D eigenvalue weighted by Gasteiger charge is 2.23. The second-order valence-electron chi connectivity index (χ2n) is 4.33. The highest BCUT2D eigenvalue weighted by Crippen LogP contribution is 2.02. The van der Waals surface area contributed by atoms with Crippen LogP contribution in [0, 0.1) is 0 Å². The van der Waals surface area contributed by atoms with Crippen LogP contribution in [0.3, 0.4) is 0 Å². The second-order valence-corrected chi connectivity index (χ2v) is 4.33. The molecule has 0 aliphatic carbocycles. The van der Waals surface area contributed by atoms with Crippen LogP contribution in [0.2, 0.25) is 0 Å². The molecule has 0 aliphatic heterocycles. The van der Waals surface area contributed by atoms with Gasteiger partial charge in [-0.25, -0.2) is 4.79 Å². The minimum Gasteiger partial charge on any atom is -0.464 e. The molecule has 0 heterocycles. The van der Waals surface area contributed by atoms with Gasteiger partial charge in [0.25, 0.3) is 0 Å². The molecule has 0 saturated heterocycles. The van der Waals surface area contributed by atoms with Crippen LogP contribution in [0.4, 0.5) is 0 Å². The smallest absolute Gasteiger partial charge is 0.334 e. The number of amides is 1. The van der Waals surface area contributed by atoms with Gasteiger partial charge in [0.15, 0.2) is 6.04 Å². The van der Waals surface area contributed by atoms with Crippen LogP contribution < -0.4 is 5.32 Å². The zero-order valence-electron chi connectivity index (χ0n) is 12.1. The lowest BCUT2D eigenvalue weighted by atomic mass is 10.1. The highest BCUT2D eigenvalue weighted by molar-refractivity contribution is 6.07. The van der Waals surface area contributed by atoms with Gasteiger partial charge in [0.05, 0.1) is 13.2 Å². The van der Waals surface area contributed by atoms with Crippen LogP contribution in [-0.4, -0.2) is 30.2 Å². The van der Waals surface area contributed by atoms with Gasteiger partial charge in [0.2, 0.25) is 5.91 Å². The Balaban J connectivity index is 2.78. The minimum atomic E-state index is -0.823. The van der Waals surface area contributed by atoms with Gasteiger partial charge in [-0.05, 0) is 19.4 Å². The van der Waals surface area contributed by atoms with Crippen LogP contribution in [-0.2, 0) is 20.9 Å². The summed E-state index contributed by atoms with van der Waals surface area (Å²) in [6.07, 6.45) is 0. The number of carbonyl (C=O) groups is 2. The third kappa shape index (κ3) is 5.22. The Morgan fingerprint density at radius 2 is 1.90 bits per heavy atom. The van der Waals surface area contributed by atoms with Gasteiger partial charge in [0.1, 0.15) is 0 Å². The molecular formula is C15H20N2O3. The molecule has 108 valence electrons. The van der Waals surface area contributed by atoms with Crippen LogP contribution in [0.15, 0.2) is 35.3 Å². The Labute approximate surface area is 119 Å². The zero-order valence-corrected chi connectivity index (χ0v) is 12.1. The van der Waals surface area contributed by atoms with Crippen LogP contribution in [0.25, 0.3) is 0 Å². The molecule has 5 heteroatoms. The number of ether oxygens (including phenoxy) is 1. The number of aliphatic imine (C=N–C) groups is 1. The van der Waals surface area contributed by atoms with Crippen molar-refractivity contribution >= 4 is 17.6 Å². The number of benzene rings is 1. The average molecular weight is 276 g/mol. The van der Waals surface area contributed by atoms with E-state index in [0.717, 1.165) is 5.56 Å². The lowest BCUT2D eigenvalue weighted by Crippen LogP contribution is -2.45. The molecule has 0 fully saturated rings. The number of carbonyl (C=O) groups excluding carboxylic acids is 2. The first-order valence-corrected chi connectivity index (χ1v) is 6.53. The number of nitrogens with one attached hydrogen (secondary N) is 1. The van der Waals surface area contributed by atoms with Crippen molar-refractivity contribution in [2.24, 2.45) is 4.99 Å². The van der Waals surface area contributed by atoms with Crippen molar-refractivity contribution < 1.29 is 14.3 Å². The maximum Gasteiger partial charge on any atom is 0.334 e. The summed E-state index contributed by atoms with van der Waals surface area (Å²) >= 11 is 0. The Bertz CT molecular complexity index is 483. The van der Waals surface area contributed by atoms with Gasteiger partial charge < -0.3 is 10.1 Å². The molecule has 1 amide bonds. The van der Waals surface area contributed by atoms with Gasteiger partial charge in [-0.2, -0.15) is 0 Å². The normalized spacial score (nSPS) is 12.7. The fourth-order valence-electron chi connectivity index (χ4n) is 1.65. The summed E-state index contributed by atoms with van der Waals surface area (Å²) in [5.41, 5.74) is 1.57. The van der Waals surface area contributed by atoms with E-state index in [1.54, 1.807) is 13.8 Å². The van der Waals surface area contributed by atoms with E-state index in [1.807, 2.05) is 30.3 Å². The molecule has 5 nitrogen and oxygen atoms in total. The predicted molar refractivity (Wildman–Crippen MR) is 77.5 cm³/mol. The Kier molecular flexibility index (Phi) is 6.43. The van der Waals surface area contributed by atoms with E-state index in [0.29, 0.717) is 12.3 Å². The van der Waals surface area contributed by atoms with Crippen molar-refractivity contribution in [3.05, 3.63) is 35.9 Å². The molecule has 20 heavy (non-hydrogen) atoms.